The molecule has 3 rings (SSSR count). The number of amides is 1. The van der Waals surface area contributed by atoms with Gasteiger partial charge in [0.1, 0.15) is 0 Å². The predicted molar refractivity (Wildman–Crippen MR) is 88.5 cm³/mol. The maximum Gasteiger partial charge on any atom is 0.257 e. The molecule has 1 aromatic heterocycles. The van der Waals surface area contributed by atoms with E-state index in [1.807, 2.05) is 23.6 Å². The molecule has 1 amide bonds. The van der Waals surface area contributed by atoms with Crippen LogP contribution in [0, 0.1) is 0 Å². The van der Waals surface area contributed by atoms with Crippen LogP contribution in [-0.4, -0.2) is 23.1 Å². The molecule has 22 heavy (non-hydrogen) atoms. The van der Waals surface area contributed by atoms with Crippen LogP contribution in [-0.2, 0) is 4.74 Å². The van der Waals surface area contributed by atoms with Crippen LogP contribution in [0.1, 0.15) is 48.7 Å². The predicted octanol–water partition coefficient (Wildman–Crippen LogP) is 4.07. The van der Waals surface area contributed by atoms with Crippen LogP contribution in [0.2, 0.25) is 0 Å². The topological polar surface area (TPSA) is 51.2 Å². The van der Waals surface area contributed by atoms with E-state index in [4.69, 9.17) is 4.74 Å². The van der Waals surface area contributed by atoms with Gasteiger partial charge in [0.25, 0.3) is 5.91 Å². The first-order valence-electron chi connectivity index (χ1n) is 7.49. The normalized spacial score (nSPS) is 20.5. The summed E-state index contributed by atoms with van der Waals surface area (Å²) in [6, 6.07) is 9.19. The summed E-state index contributed by atoms with van der Waals surface area (Å²) in [5.74, 6) is 0.288. The first-order valence-corrected chi connectivity index (χ1v) is 8.37. The molecule has 116 valence electrons. The number of carbonyl (C=O) groups excluding carboxylic acids is 1. The Bertz CT molecular complexity index is 652. The van der Waals surface area contributed by atoms with Gasteiger partial charge in [-0.15, -0.1) is 11.3 Å². The van der Waals surface area contributed by atoms with Crippen molar-refractivity contribution in [2.75, 3.05) is 11.9 Å². The van der Waals surface area contributed by atoms with E-state index in [1.54, 1.807) is 12.1 Å². The molecule has 0 radical (unpaired) electrons. The average molecular weight is 316 g/mol. The van der Waals surface area contributed by atoms with Crippen molar-refractivity contribution in [2.45, 2.75) is 38.2 Å². The van der Waals surface area contributed by atoms with Gasteiger partial charge in [0.05, 0.1) is 11.3 Å². The third kappa shape index (κ3) is 3.54. The average Bonchev–Trinajstić information content (AvgIpc) is 2.96. The van der Waals surface area contributed by atoms with Crippen LogP contribution in [0.5, 0.6) is 0 Å². The second-order valence-electron chi connectivity index (χ2n) is 6.20. The van der Waals surface area contributed by atoms with Gasteiger partial charge in [-0.05, 0) is 38.8 Å². The largest absolute Gasteiger partial charge is 0.376 e. The Morgan fingerprint density at radius 3 is 2.86 bits per heavy atom. The Morgan fingerprint density at radius 1 is 1.36 bits per heavy atom. The standard InChI is InChI=1S/C17H20N2O2S/c1-17(2)10-13(8-9-21-17)14-11-22-16(18-14)19-15(20)12-6-4-3-5-7-12/h3-7,11,13H,8-10H2,1-2H3,(H,18,19,20)/t13-/m1/s1. The summed E-state index contributed by atoms with van der Waals surface area (Å²) in [5, 5.41) is 5.58. The maximum atomic E-state index is 12.1. The molecule has 0 spiro atoms. The van der Waals surface area contributed by atoms with E-state index in [9.17, 15) is 4.79 Å². The first-order chi connectivity index (χ1) is 10.5. The molecule has 0 unspecified atom stereocenters. The zero-order valence-corrected chi connectivity index (χ0v) is 13.7. The van der Waals surface area contributed by atoms with E-state index in [1.165, 1.54) is 11.3 Å². The van der Waals surface area contributed by atoms with Gasteiger partial charge in [-0.2, -0.15) is 0 Å². The minimum absolute atomic E-state index is 0.0972. The number of benzene rings is 1. The number of nitrogens with one attached hydrogen (secondary N) is 1. The molecule has 0 bridgehead atoms. The fourth-order valence-corrected chi connectivity index (χ4v) is 3.56. The lowest BCUT2D eigenvalue weighted by Crippen LogP contribution is -2.33. The number of thiazole rings is 1. The molecule has 4 nitrogen and oxygen atoms in total. The second kappa shape index (κ2) is 6.18. The number of ether oxygens (including phenoxy) is 1. The number of carbonyl (C=O) groups is 1. The second-order valence-corrected chi connectivity index (χ2v) is 7.05. The minimum Gasteiger partial charge on any atom is -0.376 e. The van der Waals surface area contributed by atoms with Crippen LogP contribution in [0.25, 0.3) is 0 Å². The van der Waals surface area contributed by atoms with Crippen LogP contribution in [0.4, 0.5) is 5.13 Å². The van der Waals surface area contributed by atoms with Crippen LogP contribution >= 0.6 is 11.3 Å². The Labute approximate surface area is 134 Å². The molecule has 2 heterocycles. The van der Waals surface area contributed by atoms with E-state index in [-0.39, 0.29) is 11.5 Å². The van der Waals surface area contributed by atoms with Gasteiger partial charge < -0.3 is 4.74 Å². The summed E-state index contributed by atoms with van der Waals surface area (Å²) in [7, 11) is 0. The van der Waals surface area contributed by atoms with Crippen LogP contribution < -0.4 is 5.32 Å². The van der Waals surface area contributed by atoms with E-state index in [2.05, 4.69) is 24.1 Å². The zero-order chi connectivity index (χ0) is 15.6. The number of rotatable bonds is 3. The third-order valence-corrected chi connectivity index (χ3v) is 4.67. The van der Waals surface area contributed by atoms with E-state index >= 15 is 0 Å². The van der Waals surface area contributed by atoms with Gasteiger partial charge in [0.2, 0.25) is 0 Å². The number of hydrogen-bond acceptors (Lipinski definition) is 4. The van der Waals surface area contributed by atoms with Crippen LogP contribution in [0.15, 0.2) is 35.7 Å². The van der Waals surface area contributed by atoms with Gasteiger partial charge >= 0.3 is 0 Å². The van der Waals surface area contributed by atoms with E-state index in [0.717, 1.165) is 25.1 Å². The van der Waals surface area contributed by atoms with Crippen molar-refractivity contribution >= 4 is 22.4 Å². The SMILES string of the molecule is CC1(C)C[C@H](c2csc(NC(=O)c3ccccc3)n2)CCO1. The highest BCUT2D eigenvalue weighted by Gasteiger charge is 2.31. The summed E-state index contributed by atoms with van der Waals surface area (Å²) in [6.07, 6.45) is 1.95. The number of hydrogen-bond donors (Lipinski definition) is 1. The first kappa shape index (κ1) is 15.2. The van der Waals surface area contributed by atoms with E-state index in [0.29, 0.717) is 16.6 Å². The highest BCUT2D eigenvalue weighted by molar-refractivity contribution is 7.14. The molecule has 1 saturated heterocycles. The molecule has 1 fully saturated rings. The summed E-state index contributed by atoms with van der Waals surface area (Å²) in [5.41, 5.74) is 1.61. The lowest BCUT2D eigenvalue weighted by Gasteiger charge is -2.34. The van der Waals surface area contributed by atoms with Crippen molar-refractivity contribution < 1.29 is 9.53 Å². The van der Waals surface area contributed by atoms with Crippen molar-refractivity contribution in [3.63, 3.8) is 0 Å². The van der Waals surface area contributed by atoms with Crippen molar-refractivity contribution in [3.05, 3.63) is 47.0 Å². The number of anilines is 1. The monoisotopic (exact) mass is 316 g/mol. The Kier molecular flexibility index (Phi) is 4.27. The van der Waals surface area contributed by atoms with Gasteiger partial charge in [-0.3, -0.25) is 10.1 Å². The minimum atomic E-state index is -0.117. The molecule has 2 aromatic rings. The number of nitrogens with zero attached hydrogens (tertiary/aromatic N) is 1. The summed E-state index contributed by atoms with van der Waals surface area (Å²) in [4.78, 5) is 16.7. The molecule has 1 aliphatic rings. The number of aromatic nitrogens is 1. The van der Waals surface area contributed by atoms with Gasteiger partial charge in [0, 0.05) is 23.5 Å². The van der Waals surface area contributed by atoms with Gasteiger partial charge in [-0.25, -0.2) is 4.98 Å². The van der Waals surface area contributed by atoms with Crippen LogP contribution in [0.3, 0.4) is 0 Å². The van der Waals surface area contributed by atoms with Crippen molar-refractivity contribution in [1.82, 2.24) is 4.98 Å². The molecule has 1 atom stereocenters. The Hall–Kier alpha value is -1.72. The molecule has 0 saturated carbocycles. The summed E-state index contributed by atoms with van der Waals surface area (Å²) < 4.78 is 5.75. The van der Waals surface area contributed by atoms with E-state index < -0.39 is 0 Å². The third-order valence-electron chi connectivity index (χ3n) is 3.89. The van der Waals surface area contributed by atoms with Gasteiger partial charge in [0.15, 0.2) is 5.13 Å². The molecular weight excluding hydrogens is 296 g/mol. The maximum absolute atomic E-state index is 12.1. The lowest BCUT2D eigenvalue weighted by molar-refractivity contribution is -0.0597. The lowest BCUT2D eigenvalue weighted by atomic mass is 9.87. The van der Waals surface area contributed by atoms with Crippen molar-refractivity contribution in [2.24, 2.45) is 0 Å². The highest BCUT2D eigenvalue weighted by atomic mass is 32.1. The molecule has 1 N–H and O–H groups in total. The summed E-state index contributed by atoms with van der Waals surface area (Å²) in [6.45, 7) is 4.99. The summed E-state index contributed by atoms with van der Waals surface area (Å²) >= 11 is 1.48. The molecule has 1 aromatic carbocycles. The van der Waals surface area contributed by atoms with Crippen molar-refractivity contribution in [3.8, 4) is 0 Å². The molecular formula is C17H20N2O2S. The fraction of sp³-hybridized carbons (Fsp3) is 0.412. The highest BCUT2D eigenvalue weighted by Crippen LogP contribution is 2.36. The Balaban J connectivity index is 1.68. The molecule has 0 aliphatic carbocycles. The van der Waals surface area contributed by atoms with Gasteiger partial charge in [-0.1, -0.05) is 18.2 Å². The quantitative estimate of drug-likeness (QED) is 0.928. The molecule has 1 aliphatic heterocycles. The fourth-order valence-electron chi connectivity index (χ4n) is 2.77. The zero-order valence-electron chi connectivity index (χ0n) is 12.8. The smallest absolute Gasteiger partial charge is 0.257 e. The Morgan fingerprint density at radius 2 is 2.14 bits per heavy atom. The molecule has 5 heteroatoms. The van der Waals surface area contributed by atoms with Crippen molar-refractivity contribution in [1.29, 1.82) is 0 Å².